The Hall–Kier alpha value is -0.890. The molecular weight excluding hydrogens is 160 g/mol. The van der Waals surface area contributed by atoms with Gasteiger partial charge in [0.2, 0.25) is 0 Å². The predicted molar refractivity (Wildman–Crippen MR) is 53.5 cm³/mol. The number of aryl methyl sites for hydroxylation is 1. The number of nitrogens with two attached hydrogens (primary N) is 1. The second-order valence-corrected chi connectivity index (χ2v) is 3.93. The van der Waals surface area contributed by atoms with E-state index in [1.807, 2.05) is 12.4 Å². The lowest BCUT2D eigenvalue weighted by Crippen LogP contribution is -2.23. The molecule has 1 heterocycles. The standard InChI is InChI=1S/C11H16N2/c1-8-5-6-13-7-10(8)9-3-2-4-11(9)12/h5-7,9,11H,2-4,12H2,1H3. The zero-order valence-electron chi connectivity index (χ0n) is 8.03. The number of pyridine rings is 1. The molecule has 0 spiro atoms. The van der Waals surface area contributed by atoms with Crippen molar-refractivity contribution in [2.24, 2.45) is 5.73 Å². The minimum absolute atomic E-state index is 0.350. The van der Waals surface area contributed by atoms with Crippen LogP contribution in [-0.2, 0) is 0 Å². The van der Waals surface area contributed by atoms with E-state index in [0.29, 0.717) is 12.0 Å². The van der Waals surface area contributed by atoms with Crippen molar-refractivity contribution in [2.45, 2.75) is 38.1 Å². The molecule has 0 radical (unpaired) electrons. The topological polar surface area (TPSA) is 38.9 Å². The quantitative estimate of drug-likeness (QED) is 0.710. The zero-order chi connectivity index (χ0) is 9.26. The van der Waals surface area contributed by atoms with Gasteiger partial charge in [-0.1, -0.05) is 6.42 Å². The fourth-order valence-electron chi connectivity index (χ4n) is 2.24. The van der Waals surface area contributed by atoms with Crippen molar-refractivity contribution in [3.8, 4) is 0 Å². The molecule has 1 aliphatic rings. The highest BCUT2D eigenvalue weighted by atomic mass is 14.7. The fourth-order valence-corrected chi connectivity index (χ4v) is 2.24. The van der Waals surface area contributed by atoms with Crippen LogP contribution in [0.1, 0.15) is 36.3 Å². The number of hydrogen-bond acceptors (Lipinski definition) is 2. The Kier molecular flexibility index (Phi) is 2.32. The maximum atomic E-state index is 6.05. The molecule has 1 aromatic heterocycles. The van der Waals surface area contributed by atoms with Crippen LogP contribution in [0.15, 0.2) is 18.5 Å². The van der Waals surface area contributed by atoms with Crippen LogP contribution in [-0.4, -0.2) is 11.0 Å². The van der Waals surface area contributed by atoms with Crippen molar-refractivity contribution >= 4 is 0 Å². The van der Waals surface area contributed by atoms with E-state index in [1.165, 1.54) is 30.4 Å². The van der Waals surface area contributed by atoms with Crippen LogP contribution in [0.2, 0.25) is 0 Å². The largest absolute Gasteiger partial charge is 0.327 e. The third-order valence-corrected chi connectivity index (χ3v) is 3.05. The van der Waals surface area contributed by atoms with Crippen molar-refractivity contribution in [1.82, 2.24) is 4.98 Å². The zero-order valence-corrected chi connectivity index (χ0v) is 8.03. The van der Waals surface area contributed by atoms with E-state index in [9.17, 15) is 0 Å². The van der Waals surface area contributed by atoms with Crippen molar-refractivity contribution in [1.29, 1.82) is 0 Å². The molecule has 0 aromatic carbocycles. The normalized spacial score (nSPS) is 27.8. The third kappa shape index (κ3) is 1.59. The van der Waals surface area contributed by atoms with Gasteiger partial charge >= 0.3 is 0 Å². The summed E-state index contributed by atoms with van der Waals surface area (Å²) in [6, 6.07) is 2.42. The van der Waals surface area contributed by atoms with E-state index in [1.54, 1.807) is 0 Å². The Balaban J connectivity index is 2.29. The van der Waals surface area contributed by atoms with Gasteiger partial charge in [-0.15, -0.1) is 0 Å². The molecule has 1 saturated carbocycles. The fraction of sp³-hybridized carbons (Fsp3) is 0.545. The van der Waals surface area contributed by atoms with E-state index in [-0.39, 0.29) is 0 Å². The van der Waals surface area contributed by atoms with Crippen LogP contribution in [0.25, 0.3) is 0 Å². The molecule has 0 aliphatic heterocycles. The molecule has 1 fully saturated rings. The van der Waals surface area contributed by atoms with Gasteiger partial charge in [0.15, 0.2) is 0 Å². The number of hydrogen-bond donors (Lipinski definition) is 1. The summed E-state index contributed by atoms with van der Waals surface area (Å²) in [7, 11) is 0. The molecule has 0 saturated heterocycles. The van der Waals surface area contributed by atoms with Gasteiger partial charge in [0.05, 0.1) is 0 Å². The van der Waals surface area contributed by atoms with Crippen molar-refractivity contribution in [2.75, 3.05) is 0 Å². The highest BCUT2D eigenvalue weighted by Gasteiger charge is 2.26. The Morgan fingerprint density at radius 2 is 2.31 bits per heavy atom. The van der Waals surface area contributed by atoms with Gasteiger partial charge in [-0.25, -0.2) is 0 Å². The smallest absolute Gasteiger partial charge is 0.0305 e. The van der Waals surface area contributed by atoms with Crippen LogP contribution in [0.5, 0.6) is 0 Å². The summed E-state index contributed by atoms with van der Waals surface area (Å²) in [5, 5.41) is 0. The highest BCUT2D eigenvalue weighted by molar-refractivity contribution is 5.27. The summed E-state index contributed by atoms with van der Waals surface area (Å²) in [5.74, 6) is 0.550. The highest BCUT2D eigenvalue weighted by Crippen LogP contribution is 2.34. The summed E-state index contributed by atoms with van der Waals surface area (Å²) < 4.78 is 0. The van der Waals surface area contributed by atoms with Gasteiger partial charge in [-0.05, 0) is 37.0 Å². The van der Waals surface area contributed by atoms with Crippen molar-refractivity contribution < 1.29 is 0 Å². The van der Waals surface area contributed by atoms with E-state index in [4.69, 9.17) is 5.73 Å². The minimum atomic E-state index is 0.350. The summed E-state index contributed by atoms with van der Waals surface area (Å²) in [4.78, 5) is 4.17. The first-order valence-corrected chi connectivity index (χ1v) is 4.95. The molecule has 0 amide bonds. The molecular formula is C11H16N2. The first kappa shape index (κ1) is 8.70. The van der Waals surface area contributed by atoms with Gasteiger partial charge in [0.1, 0.15) is 0 Å². The van der Waals surface area contributed by atoms with E-state index < -0.39 is 0 Å². The molecule has 13 heavy (non-hydrogen) atoms. The van der Waals surface area contributed by atoms with Gasteiger partial charge in [0.25, 0.3) is 0 Å². The van der Waals surface area contributed by atoms with Crippen LogP contribution in [0, 0.1) is 6.92 Å². The summed E-state index contributed by atoms with van der Waals surface area (Å²) in [6.45, 7) is 2.14. The average molecular weight is 176 g/mol. The van der Waals surface area contributed by atoms with E-state index in [2.05, 4.69) is 18.0 Å². The average Bonchev–Trinajstić information content (AvgIpc) is 2.52. The monoisotopic (exact) mass is 176 g/mol. The molecule has 2 N–H and O–H groups in total. The lowest BCUT2D eigenvalue weighted by atomic mass is 9.93. The van der Waals surface area contributed by atoms with Gasteiger partial charge < -0.3 is 5.73 Å². The lowest BCUT2D eigenvalue weighted by Gasteiger charge is -2.17. The number of aromatic nitrogens is 1. The van der Waals surface area contributed by atoms with Gasteiger partial charge in [0, 0.05) is 24.4 Å². The third-order valence-electron chi connectivity index (χ3n) is 3.05. The molecule has 2 atom stereocenters. The molecule has 1 aromatic rings. The van der Waals surface area contributed by atoms with Crippen LogP contribution >= 0.6 is 0 Å². The first-order chi connectivity index (χ1) is 6.29. The van der Waals surface area contributed by atoms with Crippen molar-refractivity contribution in [3.63, 3.8) is 0 Å². The Labute approximate surface area is 79.2 Å². The Morgan fingerprint density at radius 3 is 2.92 bits per heavy atom. The maximum absolute atomic E-state index is 6.05. The second-order valence-electron chi connectivity index (χ2n) is 3.93. The van der Waals surface area contributed by atoms with E-state index in [0.717, 1.165) is 0 Å². The van der Waals surface area contributed by atoms with Crippen molar-refractivity contribution in [3.05, 3.63) is 29.6 Å². The maximum Gasteiger partial charge on any atom is 0.0305 e. The van der Waals surface area contributed by atoms with E-state index >= 15 is 0 Å². The number of rotatable bonds is 1. The molecule has 2 unspecified atom stereocenters. The molecule has 0 bridgehead atoms. The first-order valence-electron chi connectivity index (χ1n) is 4.95. The number of nitrogens with zero attached hydrogens (tertiary/aromatic N) is 1. The Bertz CT molecular complexity index is 296. The summed E-state index contributed by atoms with van der Waals surface area (Å²) in [6.07, 6.45) is 7.48. The molecule has 2 nitrogen and oxygen atoms in total. The van der Waals surface area contributed by atoms with Crippen LogP contribution in [0.4, 0.5) is 0 Å². The van der Waals surface area contributed by atoms with Crippen LogP contribution in [0.3, 0.4) is 0 Å². The summed E-state index contributed by atoms with van der Waals surface area (Å²) >= 11 is 0. The lowest BCUT2D eigenvalue weighted by molar-refractivity contribution is 0.608. The second kappa shape index (κ2) is 3.46. The SMILES string of the molecule is Cc1ccncc1C1CCCC1N. The molecule has 2 rings (SSSR count). The molecule has 70 valence electrons. The minimum Gasteiger partial charge on any atom is -0.327 e. The molecule has 1 aliphatic carbocycles. The van der Waals surface area contributed by atoms with Crippen LogP contribution < -0.4 is 5.73 Å². The summed E-state index contributed by atoms with van der Waals surface area (Å²) in [5.41, 5.74) is 8.74. The predicted octanol–water partition coefficient (Wildman–Crippen LogP) is 1.98. The van der Waals surface area contributed by atoms with Gasteiger partial charge in [-0.3, -0.25) is 4.98 Å². The molecule has 2 heteroatoms. The Morgan fingerprint density at radius 1 is 1.46 bits per heavy atom. The van der Waals surface area contributed by atoms with Gasteiger partial charge in [-0.2, -0.15) is 0 Å².